The number of aliphatic hydroxyl groups excluding tert-OH is 1. The van der Waals surface area contributed by atoms with Gasteiger partial charge in [0, 0.05) is 12.3 Å². The van der Waals surface area contributed by atoms with E-state index in [1.54, 1.807) is 0 Å². The van der Waals surface area contributed by atoms with Crippen LogP contribution in [0.25, 0.3) is 0 Å². The molecule has 35 atom stereocenters. The number of hydrogen-bond donors (Lipinski definition) is 2. The average Bonchev–Trinajstić information content (AvgIpc) is 1.72. The summed E-state index contributed by atoms with van der Waals surface area (Å²) >= 11 is 0. The van der Waals surface area contributed by atoms with Gasteiger partial charge in [0.1, 0.15) is 22.9 Å². The van der Waals surface area contributed by atoms with Crippen LogP contribution in [0, 0.1) is 218 Å². The van der Waals surface area contributed by atoms with Crippen LogP contribution in [-0.2, 0) is 47.7 Å². The second-order valence-electron chi connectivity index (χ2n) is 48.2. The lowest BCUT2D eigenvalue weighted by atomic mass is 9.46. The number of ether oxygens (including phenoxy) is 5. The zero-order valence-electron chi connectivity index (χ0n) is 83.0. The largest absolute Gasteiger partial charge is 0.465 e. The van der Waals surface area contributed by atoms with Crippen LogP contribution >= 0.6 is 0 Å². The predicted molar refractivity (Wildman–Crippen MR) is 588 cm³/mol. The summed E-state index contributed by atoms with van der Waals surface area (Å²) in [5, 5.41) is 19.9. The van der Waals surface area contributed by atoms with Gasteiger partial charge in [0.25, 0.3) is 0 Å². The highest BCUT2D eigenvalue weighted by Crippen LogP contribution is 2.69. The molecule has 1 spiro atoms. The fraction of sp³-hybridized carbons (Fsp3) is 0.960. The zero-order valence-corrected chi connectivity index (χ0v) is 83.0. The normalized spacial score (nSPS) is 40.6. The average molecular weight is 1930 g/mol. The second kappa shape index (κ2) is 56.3. The fourth-order valence-corrected chi connectivity index (χ4v) is 36.1. The highest BCUT2D eigenvalue weighted by molar-refractivity contribution is 5.80. The van der Waals surface area contributed by atoms with E-state index in [0.29, 0.717) is 48.0 Å². The van der Waals surface area contributed by atoms with Gasteiger partial charge in [-0.25, -0.2) is 0 Å². The Morgan fingerprint density at radius 3 is 1.00 bits per heavy atom. The Morgan fingerprint density at radius 2 is 0.654 bits per heavy atom. The molecule has 19 fully saturated rings. The summed E-state index contributed by atoms with van der Waals surface area (Å²) in [5.41, 5.74) is -1.16. The Bertz CT molecular complexity index is 3380. The van der Waals surface area contributed by atoms with Gasteiger partial charge in [0.2, 0.25) is 0 Å². The number of carbonyl (C=O) groups excluding carboxylic acids is 5. The first-order valence-corrected chi connectivity index (χ1v) is 53.2. The van der Waals surface area contributed by atoms with Crippen molar-refractivity contribution in [2.75, 3.05) is 6.61 Å². The van der Waals surface area contributed by atoms with Crippen molar-refractivity contribution in [3.63, 3.8) is 0 Å². The summed E-state index contributed by atoms with van der Waals surface area (Å²) in [6.45, 7) is 55.0. The van der Waals surface area contributed by atoms with E-state index in [9.17, 15) is 34.2 Å². The molecule has 1 heterocycles. The van der Waals surface area contributed by atoms with Crippen LogP contribution in [0.1, 0.15) is 508 Å². The number of aliphatic hydroxyl groups is 2. The number of esters is 5. The summed E-state index contributed by atoms with van der Waals surface area (Å²) in [4.78, 5) is 61.1. The van der Waals surface area contributed by atoms with Crippen molar-refractivity contribution in [1.82, 2.24) is 0 Å². The maximum Gasteiger partial charge on any atom is 0.312 e. The van der Waals surface area contributed by atoms with Crippen LogP contribution in [0.4, 0.5) is 0 Å². The van der Waals surface area contributed by atoms with Crippen LogP contribution < -0.4 is 0 Å². The molecule has 19 aliphatic rings. The smallest absolute Gasteiger partial charge is 0.312 e. The van der Waals surface area contributed by atoms with Gasteiger partial charge in [-0.15, -0.1) is 0 Å². The summed E-state index contributed by atoms with van der Waals surface area (Å²) in [6, 6.07) is 0. The molecule has 0 aromatic heterocycles. The van der Waals surface area contributed by atoms with Crippen molar-refractivity contribution in [3.05, 3.63) is 0 Å². The summed E-state index contributed by atoms with van der Waals surface area (Å²) in [6.07, 6.45) is 45.4. The Morgan fingerprint density at radius 1 is 0.346 bits per heavy atom. The number of carbonyl (C=O) groups is 5. The molecule has 136 heavy (non-hydrogen) atoms. The van der Waals surface area contributed by atoms with Crippen LogP contribution in [0.3, 0.4) is 0 Å². The predicted octanol–water partition coefficient (Wildman–Crippen LogP) is 35.5. The molecule has 0 amide bonds. The van der Waals surface area contributed by atoms with Crippen molar-refractivity contribution < 1.29 is 57.9 Å². The third-order valence-electron chi connectivity index (χ3n) is 40.8. The molecule has 2 N–H and O–H groups in total. The monoisotopic (exact) mass is 1930 g/mol. The molecule has 18 aliphatic carbocycles. The Kier molecular flexibility index (Phi) is 56.8. The molecule has 1 saturated heterocycles. The van der Waals surface area contributed by atoms with Crippen molar-refractivity contribution in [2.45, 2.75) is 543 Å². The third kappa shape index (κ3) is 27.4. The maximum absolute atomic E-state index is 13.4. The molecular weight excluding hydrogens is 1680 g/mol. The molecule has 0 aromatic rings. The van der Waals surface area contributed by atoms with Gasteiger partial charge >= 0.3 is 29.8 Å². The molecule has 18 saturated carbocycles. The molecule has 12 heteroatoms. The SMILES string of the molecule is C.C.C.C.C.C.C.C.C.C.C.C.C.C.CCC1C2CC(C(=O)OC(C)(C)C)C(C2)C1CC.CCC1C2CC(C(=O)OC(C)(C)C34CC5CC(CC(C5)C3)C4)C(C2)C1CC.CCC1C2CC(C(=O)OC(C)(C)CC)C(C2)C1CC.CCC1C2CC(C1CC)C(C(C)(C)O)C2.CCC1C2CC(C1CC)C1(CCOC1=O)C2.CCC1C2CC(O)C(C2)C1CC.CCC1C2CC(OC(C)=O)C(C2)C1CC. The van der Waals surface area contributed by atoms with Gasteiger partial charge in [-0.2, -0.15) is 0 Å². The van der Waals surface area contributed by atoms with Gasteiger partial charge in [-0.3, -0.25) is 24.0 Å². The van der Waals surface area contributed by atoms with E-state index in [0.717, 1.165) is 199 Å². The number of hydrogen-bond acceptors (Lipinski definition) is 12. The maximum atomic E-state index is 13.4. The molecule has 1 aliphatic heterocycles. The first-order chi connectivity index (χ1) is 57.8. The fourth-order valence-electron chi connectivity index (χ4n) is 36.1. The lowest BCUT2D eigenvalue weighted by Gasteiger charge is -2.61. The molecule has 12 nitrogen and oxygen atoms in total. The third-order valence-corrected chi connectivity index (χ3v) is 40.8. The van der Waals surface area contributed by atoms with Crippen molar-refractivity contribution >= 4 is 29.8 Å². The number of cyclic esters (lactones) is 1. The highest BCUT2D eigenvalue weighted by atomic mass is 16.6. The topological polar surface area (TPSA) is 172 Å². The van der Waals surface area contributed by atoms with E-state index in [2.05, 4.69) is 118 Å². The van der Waals surface area contributed by atoms with Gasteiger partial charge < -0.3 is 33.9 Å². The quantitative estimate of drug-likeness (QED) is 0.0734. The lowest BCUT2D eigenvalue weighted by molar-refractivity contribution is -0.204. The molecule has 0 aromatic carbocycles. The van der Waals surface area contributed by atoms with E-state index in [-0.39, 0.29) is 191 Å². The van der Waals surface area contributed by atoms with E-state index < -0.39 is 5.60 Å². The molecule has 19 rings (SSSR count). The van der Waals surface area contributed by atoms with Crippen LogP contribution in [-0.4, -0.2) is 81.3 Å². The van der Waals surface area contributed by atoms with Gasteiger partial charge in [-0.05, 0) is 393 Å². The van der Waals surface area contributed by atoms with Crippen LogP contribution in [0.15, 0.2) is 0 Å². The molecule has 18 bridgehead atoms. The highest BCUT2D eigenvalue weighted by Gasteiger charge is 2.66. The van der Waals surface area contributed by atoms with Gasteiger partial charge in [0.05, 0.1) is 41.5 Å². The van der Waals surface area contributed by atoms with Crippen LogP contribution in [0.2, 0.25) is 0 Å². The van der Waals surface area contributed by atoms with E-state index in [1.165, 1.54) is 187 Å². The molecule has 812 valence electrons. The van der Waals surface area contributed by atoms with Gasteiger partial charge in [-0.1, -0.05) is 298 Å². The van der Waals surface area contributed by atoms with Crippen LogP contribution in [0.5, 0.6) is 0 Å². The molecular formula is C124H244O12. The summed E-state index contributed by atoms with van der Waals surface area (Å²) in [5.74, 6) is 26.3. The standard InChI is InChI=1S/C25H40O2.C17H30O2.C16H28O2.C14H22O2.C14H26O.C13H22O2.C11H20O.14CH4/c1-5-19-18-10-21(20(19)6-2)22(11-18)23(26)27-24(3,4)25-12-15-7-16(13-25)9-17(8-15)14-25;1-6-12-11-9-14(13(12)7-2)15(10-11)16(18)19-17(4,5)8-3;1-6-11-10-8-13(12(11)7-2)14(9-10)15(17)18-16(3,4)5;1-3-10-9-7-12(11(10)4-2)14(8-9)5-6-16-13(14)15;1-5-10-9-7-12(11(10)6-2)13(8-9)14(3,4)15;1-4-10-9-6-12(11(10)5-2)13(7-9)15-8(3)14;1-3-8-7-5-10(9(8)4-2)11(12)6-7;;;;;;;;;;;;;;/h15-22H,5-14H2,1-4H3;11-15H,6-10H2,1-5H3;10-14H,6-9H2,1-5H3;9-12H,3-8H2,1-2H3;9-13,15H,5-8H2,1-4H3;9-13H,4-7H2,1-3H3;7-12H,3-6H2,1-2H3;14*1H4. The Labute approximate surface area is 850 Å². The first-order valence-electron chi connectivity index (χ1n) is 53.2. The minimum Gasteiger partial charge on any atom is -0.465 e. The summed E-state index contributed by atoms with van der Waals surface area (Å²) < 4.78 is 28.5. The Balaban J connectivity index is -0.00000151. The zero-order chi connectivity index (χ0) is 88.9. The van der Waals surface area contributed by atoms with Crippen molar-refractivity contribution in [1.29, 1.82) is 0 Å². The minimum absolute atomic E-state index is 0. The number of fused-ring (bicyclic) bond motifs is 15. The summed E-state index contributed by atoms with van der Waals surface area (Å²) in [7, 11) is 0. The Hall–Kier alpha value is -2.73. The lowest BCUT2D eigenvalue weighted by Crippen LogP contribution is -2.57. The van der Waals surface area contributed by atoms with E-state index >= 15 is 0 Å². The minimum atomic E-state index is -0.453. The van der Waals surface area contributed by atoms with E-state index in [4.69, 9.17) is 23.7 Å². The second-order valence-corrected chi connectivity index (χ2v) is 48.2. The molecule has 0 radical (unpaired) electrons. The van der Waals surface area contributed by atoms with E-state index in [1.807, 2.05) is 48.5 Å². The van der Waals surface area contributed by atoms with Gasteiger partial charge in [0.15, 0.2) is 0 Å². The number of rotatable bonds is 23. The molecule has 35 unspecified atom stereocenters. The van der Waals surface area contributed by atoms with Crippen molar-refractivity contribution in [2.24, 2.45) is 218 Å². The van der Waals surface area contributed by atoms with Crippen molar-refractivity contribution in [3.8, 4) is 0 Å². The first kappa shape index (κ1) is 137.